The molecule has 3 nitrogen and oxygen atoms in total. The summed E-state index contributed by atoms with van der Waals surface area (Å²) >= 11 is 0. The lowest BCUT2D eigenvalue weighted by Crippen LogP contribution is -2.46. The summed E-state index contributed by atoms with van der Waals surface area (Å²) in [6, 6.07) is 20.2. The molecular weight excluding hydrogens is 351 g/mol. The first-order valence-electron chi connectivity index (χ1n) is 8.49. The largest absolute Gasteiger partial charge is 0.429 e. The predicted octanol–water partition coefficient (Wildman–Crippen LogP) is 5.08. The van der Waals surface area contributed by atoms with Crippen LogP contribution in [0, 0.1) is 0 Å². The van der Waals surface area contributed by atoms with Crippen molar-refractivity contribution in [1.82, 2.24) is 4.98 Å². The minimum Gasteiger partial charge on any atom is -0.336 e. The molecule has 1 aromatic heterocycles. The minimum atomic E-state index is -4.48. The average Bonchev–Trinajstić information content (AvgIpc) is 2.68. The number of hydrogen-bond donors (Lipinski definition) is 0. The predicted molar refractivity (Wildman–Crippen MR) is 99.7 cm³/mol. The van der Waals surface area contributed by atoms with Gasteiger partial charge in [-0.3, -0.25) is 9.98 Å². The maximum absolute atomic E-state index is 13.6. The van der Waals surface area contributed by atoms with Crippen LogP contribution in [0.15, 0.2) is 77.9 Å². The Morgan fingerprint density at radius 2 is 1.67 bits per heavy atom. The van der Waals surface area contributed by atoms with E-state index in [0.29, 0.717) is 16.9 Å². The normalized spacial score (nSPS) is 16.3. The molecule has 0 saturated heterocycles. The van der Waals surface area contributed by atoms with E-state index in [1.807, 2.05) is 36.4 Å². The summed E-state index contributed by atoms with van der Waals surface area (Å²) in [5.74, 6) is 0. The van der Waals surface area contributed by atoms with Gasteiger partial charge >= 0.3 is 6.18 Å². The van der Waals surface area contributed by atoms with E-state index in [0.717, 1.165) is 11.1 Å². The lowest BCUT2D eigenvalue weighted by molar-refractivity contribution is -0.147. The van der Waals surface area contributed by atoms with Crippen LogP contribution < -0.4 is 4.90 Å². The van der Waals surface area contributed by atoms with E-state index >= 15 is 0 Å². The molecule has 2 heterocycles. The van der Waals surface area contributed by atoms with Gasteiger partial charge in [0.1, 0.15) is 0 Å². The van der Waals surface area contributed by atoms with Crippen LogP contribution >= 0.6 is 0 Å². The van der Waals surface area contributed by atoms with Crippen LogP contribution in [0.4, 0.5) is 18.9 Å². The number of nitrogens with zero attached hydrogens (tertiary/aromatic N) is 3. The molecule has 136 valence electrons. The molecule has 1 atom stereocenters. The van der Waals surface area contributed by atoms with Gasteiger partial charge in [0.15, 0.2) is 0 Å². The monoisotopic (exact) mass is 367 g/mol. The first kappa shape index (κ1) is 17.3. The fraction of sp³-hybridized carbons (Fsp3) is 0.143. The zero-order valence-corrected chi connectivity index (χ0v) is 14.3. The van der Waals surface area contributed by atoms with Gasteiger partial charge in [0.2, 0.25) is 6.17 Å². The van der Waals surface area contributed by atoms with Gasteiger partial charge in [-0.2, -0.15) is 13.2 Å². The molecule has 0 saturated carbocycles. The Balaban J connectivity index is 1.83. The summed E-state index contributed by atoms with van der Waals surface area (Å²) in [5.41, 5.74) is 3.52. The van der Waals surface area contributed by atoms with Crippen molar-refractivity contribution < 1.29 is 13.2 Å². The number of aromatic nitrogens is 1. The highest BCUT2D eigenvalue weighted by Crippen LogP contribution is 2.38. The summed E-state index contributed by atoms with van der Waals surface area (Å²) in [6.45, 7) is 0.0214. The van der Waals surface area contributed by atoms with Gasteiger partial charge in [-0.1, -0.05) is 48.5 Å². The van der Waals surface area contributed by atoms with Gasteiger partial charge in [-0.15, -0.1) is 0 Å². The molecule has 1 aliphatic heterocycles. The van der Waals surface area contributed by atoms with Crippen molar-refractivity contribution in [3.8, 4) is 11.1 Å². The molecule has 0 bridgehead atoms. The third kappa shape index (κ3) is 3.43. The number of alkyl halides is 3. The summed E-state index contributed by atoms with van der Waals surface area (Å²) in [7, 11) is 0. The molecule has 0 fully saturated rings. The summed E-state index contributed by atoms with van der Waals surface area (Å²) in [4.78, 5) is 9.30. The Bertz CT molecular complexity index is 953. The number of benzene rings is 2. The fourth-order valence-electron chi connectivity index (χ4n) is 3.26. The number of pyridine rings is 1. The Morgan fingerprint density at radius 3 is 2.37 bits per heavy atom. The number of hydrogen-bond acceptors (Lipinski definition) is 3. The van der Waals surface area contributed by atoms with E-state index in [-0.39, 0.29) is 6.54 Å². The van der Waals surface area contributed by atoms with Crippen molar-refractivity contribution in [1.29, 1.82) is 0 Å². The van der Waals surface area contributed by atoms with Crippen molar-refractivity contribution in [2.24, 2.45) is 4.99 Å². The zero-order valence-electron chi connectivity index (χ0n) is 14.3. The van der Waals surface area contributed by atoms with E-state index in [2.05, 4.69) is 9.98 Å². The molecule has 0 aliphatic carbocycles. The van der Waals surface area contributed by atoms with Gasteiger partial charge in [0, 0.05) is 23.7 Å². The lowest BCUT2D eigenvalue weighted by Gasteiger charge is -2.36. The van der Waals surface area contributed by atoms with Crippen LogP contribution in [-0.4, -0.2) is 23.5 Å². The second-order valence-electron chi connectivity index (χ2n) is 6.25. The van der Waals surface area contributed by atoms with Crippen LogP contribution in [-0.2, 0) is 6.54 Å². The summed E-state index contributed by atoms with van der Waals surface area (Å²) in [5, 5.41) is 0. The second-order valence-corrected chi connectivity index (χ2v) is 6.25. The molecule has 0 spiro atoms. The van der Waals surface area contributed by atoms with Gasteiger partial charge in [0.25, 0.3) is 0 Å². The molecule has 4 rings (SSSR count). The molecule has 0 N–H and O–H groups in total. The first-order chi connectivity index (χ1) is 13.0. The van der Waals surface area contributed by atoms with Crippen LogP contribution in [0.3, 0.4) is 0 Å². The Morgan fingerprint density at radius 1 is 0.889 bits per heavy atom. The SMILES string of the molecule is FC(F)(F)C1N=Cc2c(-c3ccccc3)cccc2N1Cc1ccccn1. The smallest absolute Gasteiger partial charge is 0.336 e. The number of halogens is 3. The molecule has 0 amide bonds. The van der Waals surface area contributed by atoms with Crippen molar-refractivity contribution >= 4 is 11.9 Å². The molecule has 1 aliphatic rings. The highest BCUT2D eigenvalue weighted by Gasteiger charge is 2.45. The molecule has 0 radical (unpaired) electrons. The third-order valence-electron chi connectivity index (χ3n) is 4.47. The highest BCUT2D eigenvalue weighted by atomic mass is 19.4. The lowest BCUT2D eigenvalue weighted by atomic mass is 9.97. The first-order valence-corrected chi connectivity index (χ1v) is 8.49. The molecule has 2 aromatic carbocycles. The second kappa shape index (κ2) is 6.87. The van der Waals surface area contributed by atoms with Gasteiger partial charge < -0.3 is 4.90 Å². The number of fused-ring (bicyclic) bond motifs is 1. The van der Waals surface area contributed by atoms with Gasteiger partial charge in [-0.05, 0) is 29.3 Å². The summed E-state index contributed by atoms with van der Waals surface area (Å²) in [6.07, 6.45) is -3.50. The fourth-order valence-corrected chi connectivity index (χ4v) is 3.26. The van der Waals surface area contributed by atoms with Crippen molar-refractivity contribution in [3.05, 3.63) is 84.2 Å². The highest BCUT2D eigenvalue weighted by molar-refractivity contribution is 5.98. The minimum absolute atomic E-state index is 0.0214. The van der Waals surface area contributed by atoms with Crippen molar-refractivity contribution in [2.45, 2.75) is 18.9 Å². The van der Waals surface area contributed by atoms with Crippen molar-refractivity contribution in [3.63, 3.8) is 0 Å². The van der Waals surface area contributed by atoms with E-state index in [4.69, 9.17) is 0 Å². The van der Waals surface area contributed by atoms with Crippen LogP contribution in [0.1, 0.15) is 11.3 Å². The molecule has 3 aromatic rings. The molecular formula is C21H16F3N3. The van der Waals surface area contributed by atoms with E-state index in [9.17, 15) is 13.2 Å². The van der Waals surface area contributed by atoms with E-state index in [1.165, 1.54) is 11.1 Å². The Kier molecular flexibility index (Phi) is 4.39. The zero-order chi connectivity index (χ0) is 18.9. The topological polar surface area (TPSA) is 28.5 Å². The van der Waals surface area contributed by atoms with E-state index in [1.54, 1.807) is 36.5 Å². The van der Waals surface area contributed by atoms with Gasteiger partial charge in [0.05, 0.1) is 12.2 Å². The number of anilines is 1. The Labute approximate surface area is 154 Å². The maximum Gasteiger partial charge on any atom is 0.429 e. The number of rotatable bonds is 3. The summed E-state index contributed by atoms with van der Waals surface area (Å²) < 4.78 is 40.9. The van der Waals surface area contributed by atoms with Gasteiger partial charge in [-0.25, -0.2) is 0 Å². The molecule has 1 unspecified atom stereocenters. The standard InChI is InChI=1S/C21H16F3N3/c22-21(23,24)20-26-13-18-17(15-7-2-1-3-8-15)10-6-11-19(18)27(20)14-16-9-4-5-12-25-16/h1-13,20H,14H2. The van der Waals surface area contributed by atoms with E-state index < -0.39 is 12.3 Å². The molecule has 27 heavy (non-hydrogen) atoms. The average molecular weight is 367 g/mol. The quantitative estimate of drug-likeness (QED) is 0.646. The number of aliphatic imine (C=N–C) groups is 1. The van der Waals surface area contributed by atoms with Crippen LogP contribution in [0.5, 0.6) is 0 Å². The van der Waals surface area contributed by atoms with Crippen molar-refractivity contribution in [2.75, 3.05) is 4.90 Å². The maximum atomic E-state index is 13.6. The van der Waals surface area contributed by atoms with Crippen LogP contribution in [0.25, 0.3) is 11.1 Å². The molecule has 6 heteroatoms. The third-order valence-corrected chi connectivity index (χ3v) is 4.47. The Hall–Kier alpha value is -3.15. The van der Waals surface area contributed by atoms with Crippen LogP contribution in [0.2, 0.25) is 0 Å².